The van der Waals surface area contributed by atoms with Crippen molar-refractivity contribution in [2.75, 3.05) is 13.1 Å². The summed E-state index contributed by atoms with van der Waals surface area (Å²) in [7, 11) is -3.63. The minimum atomic E-state index is -3.63. The first-order chi connectivity index (χ1) is 10.4. The summed E-state index contributed by atoms with van der Waals surface area (Å²) in [6.07, 6.45) is 2.17. The average Bonchev–Trinajstić information content (AvgIpc) is 2.45. The number of para-hydroxylation sites is 1. The summed E-state index contributed by atoms with van der Waals surface area (Å²) in [5.74, 6) is -0.128. The minimum Gasteiger partial charge on any atom is -0.356 e. The quantitative estimate of drug-likeness (QED) is 0.786. The minimum absolute atomic E-state index is 0.128. The molecule has 118 valence electrons. The van der Waals surface area contributed by atoms with Crippen molar-refractivity contribution < 1.29 is 13.2 Å². The van der Waals surface area contributed by atoms with Gasteiger partial charge in [-0.1, -0.05) is 12.1 Å². The second kappa shape index (κ2) is 6.85. The molecule has 0 spiro atoms. The number of pyridine rings is 1. The standard InChI is InChI=1S/C15H19N3O3S/c1-11-9-13-5-3-6-14(15(13)17-10-11)22(20,21)18-8-4-7-16-12(2)19/h3,5-6,9-10,18H,4,7-8H2,1-2H3,(H,16,19). The van der Waals surface area contributed by atoms with E-state index >= 15 is 0 Å². The molecule has 6 nitrogen and oxygen atoms in total. The van der Waals surface area contributed by atoms with Crippen LogP contribution in [0.3, 0.4) is 0 Å². The van der Waals surface area contributed by atoms with Gasteiger partial charge >= 0.3 is 0 Å². The molecule has 0 bridgehead atoms. The molecule has 0 aliphatic carbocycles. The highest BCUT2D eigenvalue weighted by Crippen LogP contribution is 2.21. The number of hydrogen-bond acceptors (Lipinski definition) is 4. The fourth-order valence-electron chi connectivity index (χ4n) is 2.10. The van der Waals surface area contributed by atoms with Crippen LogP contribution in [0.15, 0.2) is 35.4 Å². The third-order valence-electron chi connectivity index (χ3n) is 3.12. The van der Waals surface area contributed by atoms with Gasteiger partial charge in [0.25, 0.3) is 0 Å². The molecule has 2 rings (SSSR count). The number of fused-ring (bicyclic) bond motifs is 1. The number of aryl methyl sites for hydroxylation is 1. The van der Waals surface area contributed by atoms with Gasteiger partial charge in [0.05, 0.1) is 5.52 Å². The molecule has 0 aliphatic heterocycles. The van der Waals surface area contributed by atoms with Crippen LogP contribution in [0, 0.1) is 6.92 Å². The summed E-state index contributed by atoms with van der Waals surface area (Å²) in [5, 5.41) is 3.41. The zero-order valence-corrected chi connectivity index (χ0v) is 13.4. The predicted octanol–water partition coefficient (Wildman–Crippen LogP) is 1.35. The molecule has 0 aliphatic rings. The van der Waals surface area contributed by atoms with E-state index < -0.39 is 10.0 Å². The van der Waals surface area contributed by atoms with Crippen molar-refractivity contribution in [2.24, 2.45) is 0 Å². The van der Waals surface area contributed by atoms with Gasteiger partial charge in [0.1, 0.15) is 4.90 Å². The van der Waals surface area contributed by atoms with Crippen LogP contribution in [0.1, 0.15) is 18.9 Å². The first-order valence-electron chi connectivity index (χ1n) is 6.99. The maximum Gasteiger partial charge on any atom is 0.242 e. The van der Waals surface area contributed by atoms with Crippen LogP contribution < -0.4 is 10.0 Å². The monoisotopic (exact) mass is 321 g/mol. The number of rotatable bonds is 6. The van der Waals surface area contributed by atoms with Crippen LogP contribution in [0.25, 0.3) is 10.9 Å². The number of carbonyl (C=O) groups is 1. The van der Waals surface area contributed by atoms with Gasteiger partial charge in [0, 0.05) is 31.6 Å². The third-order valence-corrected chi connectivity index (χ3v) is 4.61. The summed E-state index contributed by atoms with van der Waals surface area (Å²) in [4.78, 5) is 15.2. The van der Waals surface area contributed by atoms with E-state index in [0.717, 1.165) is 10.9 Å². The zero-order chi connectivity index (χ0) is 16.2. The molecule has 0 saturated carbocycles. The van der Waals surface area contributed by atoms with E-state index in [-0.39, 0.29) is 17.3 Å². The Balaban J connectivity index is 2.14. The highest BCUT2D eigenvalue weighted by Gasteiger charge is 2.17. The summed E-state index contributed by atoms with van der Waals surface area (Å²) >= 11 is 0. The van der Waals surface area contributed by atoms with Gasteiger partial charge < -0.3 is 5.32 Å². The highest BCUT2D eigenvalue weighted by molar-refractivity contribution is 7.89. The van der Waals surface area contributed by atoms with Crippen LogP contribution >= 0.6 is 0 Å². The van der Waals surface area contributed by atoms with Gasteiger partial charge in [-0.05, 0) is 31.0 Å². The van der Waals surface area contributed by atoms with E-state index in [4.69, 9.17) is 0 Å². The second-order valence-electron chi connectivity index (χ2n) is 5.07. The lowest BCUT2D eigenvalue weighted by molar-refractivity contribution is -0.118. The molecule has 7 heteroatoms. The Morgan fingerprint density at radius 1 is 1.27 bits per heavy atom. The van der Waals surface area contributed by atoms with Crippen molar-refractivity contribution in [2.45, 2.75) is 25.2 Å². The molecule has 0 atom stereocenters. The van der Waals surface area contributed by atoms with E-state index in [9.17, 15) is 13.2 Å². The largest absolute Gasteiger partial charge is 0.356 e. The van der Waals surface area contributed by atoms with Crippen molar-refractivity contribution in [3.05, 3.63) is 36.0 Å². The Kier molecular flexibility index (Phi) is 5.10. The van der Waals surface area contributed by atoms with E-state index in [0.29, 0.717) is 18.5 Å². The summed E-state index contributed by atoms with van der Waals surface area (Å²) in [6.45, 7) is 4.03. The van der Waals surface area contributed by atoms with Crippen LogP contribution in [0.5, 0.6) is 0 Å². The molecule has 2 N–H and O–H groups in total. The highest BCUT2D eigenvalue weighted by atomic mass is 32.2. The molecule has 0 fully saturated rings. The Labute approximate surface area is 130 Å². The van der Waals surface area contributed by atoms with Crippen molar-refractivity contribution in [3.63, 3.8) is 0 Å². The van der Waals surface area contributed by atoms with Crippen molar-refractivity contribution in [1.29, 1.82) is 0 Å². The van der Waals surface area contributed by atoms with Crippen LogP contribution in [0.2, 0.25) is 0 Å². The molecule has 1 amide bonds. The van der Waals surface area contributed by atoms with Crippen molar-refractivity contribution in [1.82, 2.24) is 15.0 Å². The molecule has 1 aromatic carbocycles. The van der Waals surface area contributed by atoms with Crippen molar-refractivity contribution >= 4 is 26.8 Å². The van der Waals surface area contributed by atoms with Crippen LogP contribution in [0.4, 0.5) is 0 Å². The molecule has 1 aromatic heterocycles. The Morgan fingerprint density at radius 3 is 2.77 bits per heavy atom. The van der Waals surface area contributed by atoms with E-state index in [1.807, 2.05) is 19.1 Å². The first-order valence-corrected chi connectivity index (χ1v) is 8.48. The van der Waals surface area contributed by atoms with Gasteiger partial charge in [-0.25, -0.2) is 13.1 Å². The fraction of sp³-hybridized carbons (Fsp3) is 0.333. The third kappa shape index (κ3) is 4.02. The molecular weight excluding hydrogens is 302 g/mol. The molecule has 0 unspecified atom stereocenters. The smallest absolute Gasteiger partial charge is 0.242 e. The SMILES string of the molecule is CC(=O)NCCCNS(=O)(=O)c1cccc2cc(C)cnc12. The maximum atomic E-state index is 12.4. The second-order valence-corrected chi connectivity index (χ2v) is 6.81. The van der Waals surface area contributed by atoms with Crippen molar-refractivity contribution in [3.8, 4) is 0 Å². The average molecular weight is 321 g/mol. The molecule has 1 heterocycles. The summed E-state index contributed by atoms with van der Waals surface area (Å²) in [5.41, 5.74) is 1.44. The molecular formula is C15H19N3O3S. The lowest BCUT2D eigenvalue weighted by atomic mass is 10.2. The number of benzene rings is 1. The number of carbonyl (C=O) groups excluding carboxylic acids is 1. The maximum absolute atomic E-state index is 12.4. The van der Waals surface area contributed by atoms with Gasteiger partial charge in [-0.15, -0.1) is 0 Å². The van der Waals surface area contributed by atoms with E-state index in [1.165, 1.54) is 6.92 Å². The van der Waals surface area contributed by atoms with E-state index in [2.05, 4.69) is 15.0 Å². The number of hydrogen-bond donors (Lipinski definition) is 2. The predicted molar refractivity (Wildman–Crippen MR) is 85.0 cm³/mol. The lowest BCUT2D eigenvalue weighted by Gasteiger charge is -2.09. The lowest BCUT2D eigenvalue weighted by Crippen LogP contribution is -2.29. The summed E-state index contributed by atoms with van der Waals surface area (Å²) in [6, 6.07) is 6.99. The van der Waals surface area contributed by atoms with Crippen LogP contribution in [-0.2, 0) is 14.8 Å². The molecule has 22 heavy (non-hydrogen) atoms. The Hall–Kier alpha value is -1.99. The number of nitrogens with zero attached hydrogens (tertiary/aromatic N) is 1. The zero-order valence-electron chi connectivity index (χ0n) is 12.6. The number of amides is 1. The topological polar surface area (TPSA) is 88.2 Å². The normalized spacial score (nSPS) is 11.5. The van der Waals surface area contributed by atoms with Gasteiger partial charge in [-0.2, -0.15) is 0 Å². The van der Waals surface area contributed by atoms with Gasteiger partial charge in [0.2, 0.25) is 15.9 Å². The van der Waals surface area contributed by atoms with Crippen LogP contribution in [-0.4, -0.2) is 32.4 Å². The fourth-order valence-corrected chi connectivity index (χ4v) is 3.35. The Bertz CT molecular complexity index is 788. The molecule has 0 saturated heterocycles. The summed E-state index contributed by atoms with van der Waals surface area (Å²) < 4.78 is 27.3. The van der Waals surface area contributed by atoms with Gasteiger partial charge in [0.15, 0.2) is 0 Å². The molecule has 2 aromatic rings. The Morgan fingerprint density at radius 2 is 2.05 bits per heavy atom. The van der Waals surface area contributed by atoms with Gasteiger partial charge in [-0.3, -0.25) is 9.78 Å². The van der Waals surface area contributed by atoms with E-state index in [1.54, 1.807) is 18.3 Å². The number of sulfonamides is 1. The number of aromatic nitrogens is 1. The molecule has 0 radical (unpaired) electrons. The first kappa shape index (κ1) is 16.4. The number of nitrogens with one attached hydrogen (secondary N) is 2.